The number of anilines is 1. The van der Waals surface area contributed by atoms with E-state index in [9.17, 15) is 9.59 Å². The number of carbonyl (C=O) groups excluding carboxylic acids is 1. The number of para-hydroxylation sites is 2. The lowest BCUT2D eigenvalue weighted by atomic mass is 10.2. The molecule has 0 aliphatic rings. The molecule has 0 spiro atoms. The van der Waals surface area contributed by atoms with Gasteiger partial charge in [-0.1, -0.05) is 12.1 Å². The molecule has 0 saturated carbocycles. The van der Waals surface area contributed by atoms with Crippen molar-refractivity contribution in [3.63, 3.8) is 0 Å². The smallest absolute Gasteiger partial charge is 0.319 e. The first-order valence-corrected chi connectivity index (χ1v) is 4.98. The van der Waals surface area contributed by atoms with Crippen LogP contribution in [0.4, 0.5) is 10.5 Å². The molecule has 0 fully saturated rings. The first-order chi connectivity index (χ1) is 8.06. The number of methoxy groups -OCH3 is 1. The molecule has 0 heterocycles. The van der Waals surface area contributed by atoms with Crippen LogP contribution in [0.15, 0.2) is 24.3 Å². The molecule has 1 aromatic rings. The third kappa shape index (κ3) is 3.37. The maximum atomic E-state index is 11.3. The summed E-state index contributed by atoms with van der Waals surface area (Å²) >= 11 is 0. The molecule has 0 radical (unpaired) electrons. The van der Waals surface area contributed by atoms with Crippen molar-refractivity contribution in [1.29, 1.82) is 0 Å². The lowest BCUT2D eigenvalue weighted by Crippen LogP contribution is -2.37. The van der Waals surface area contributed by atoms with Crippen LogP contribution >= 0.6 is 0 Å². The minimum atomic E-state index is -0.994. The van der Waals surface area contributed by atoms with Gasteiger partial charge in [-0.05, 0) is 12.1 Å². The topological polar surface area (TPSA) is 92.9 Å². The van der Waals surface area contributed by atoms with E-state index in [2.05, 4.69) is 0 Å². The second-order valence-electron chi connectivity index (χ2n) is 3.31. The Bertz CT molecular complexity index is 420. The number of hydrogen-bond donors (Lipinski definition) is 2. The normalized spacial score (nSPS) is 9.71. The molecule has 0 atom stereocenters. The average Bonchev–Trinajstić information content (AvgIpc) is 2.29. The zero-order valence-corrected chi connectivity index (χ0v) is 9.42. The molecule has 0 bridgehead atoms. The third-order valence-electron chi connectivity index (χ3n) is 2.19. The number of benzene rings is 1. The van der Waals surface area contributed by atoms with Crippen molar-refractivity contribution >= 4 is 17.7 Å². The molecule has 1 rings (SSSR count). The molecule has 0 aliphatic carbocycles. The summed E-state index contributed by atoms with van der Waals surface area (Å²) in [5, 5.41) is 8.61. The number of urea groups is 1. The molecular formula is C11H14N2O4. The summed E-state index contributed by atoms with van der Waals surface area (Å²) in [6, 6.07) is 6.07. The Hall–Kier alpha value is -2.24. The van der Waals surface area contributed by atoms with Crippen LogP contribution in [-0.4, -0.2) is 30.8 Å². The molecule has 0 saturated heterocycles. The first kappa shape index (κ1) is 12.8. The zero-order valence-electron chi connectivity index (χ0n) is 9.42. The van der Waals surface area contributed by atoms with E-state index in [0.29, 0.717) is 11.4 Å². The van der Waals surface area contributed by atoms with E-state index in [4.69, 9.17) is 15.6 Å². The van der Waals surface area contributed by atoms with E-state index in [-0.39, 0.29) is 13.0 Å². The van der Waals surface area contributed by atoms with Crippen LogP contribution in [0, 0.1) is 0 Å². The summed E-state index contributed by atoms with van der Waals surface area (Å²) in [4.78, 5) is 23.0. The van der Waals surface area contributed by atoms with Crippen molar-refractivity contribution < 1.29 is 19.4 Å². The second kappa shape index (κ2) is 5.74. The Balaban J connectivity index is 2.96. The summed E-state index contributed by atoms with van der Waals surface area (Å²) in [5.41, 5.74) is 5.68. The Morgan fingerprint density at radius 1 is 1.41 bits per heavy atom. The Kier molecular flexibility index (Phi) is 4.33. The van der Waals surface area contributed by atoms with Gasteiger partial charge in [0.2, 0.25) is 0 Å². The average molecular weight is 238 g/mol. The number of carboxylic acids is 1. The van der Waals surface area contributed by atoms with E-state index in [0.717, 1.165) is 0 Å². The van der Waals surface area contributed by atoms with Crippen molar-refractivity contribution in [3.8, 4) is 5.75 Å². The van der Waals surface area contributed by atoms with Crippen molar-refractivity contribution in [2.24, 2.45) is 5.73 Å². The lowest BCUT2D eigenvalue weighted by Gasteiger charge is -2.21. The lowest BCUT2D eigenvalue weighted by molar-refractivity contribution is -0.136. The van der Waals surface area contributed by atoms with E-state index in [1.807, 2.05) is 0 Å². The predicted octanol–water partition coefficient (Wildman–Crippen LogP) is 1.05. The maximum absolute atomic E-state index is 11.3. The Labute approximate surface area is 98.6 Å². The second-order valence-corrected chi connectivity index (χ2v) is 3.31. The Morgan fingerprint density at radius 2 is 2.06 bits per heavy atom. The number of ether oxygens (including phenoxy) is 1. The van der Waals surface area contributed by atoms with Crippen molar-refractivity contribution in [2.45, 2.75) is 6.42 Å². The molecule has 6 nitrogen and oxygen atoms in total. The van der Waals surface area contributed by atoms with E-state index in [1.165, 1.54) is 12.0 Å². The minimum Gasteiger partial charge on any atom is -0.495 e. The molecule has 1 aromatic carbocycles. The van der Waals surface area contributed by atoms with Crippen molar-refractivity contribution in [1.82, 2.24) is 0 Å². The quantitative estimate of drug-likeness (QED) is 0.801. The van der Waals surface area contributed by atoms with E-state index in [1.54, 1.807) is 24.3 Å². The largest absolute Gasteiger partial charge is 0.495 e. The van der Waals surface area contributed by atoms with Crippen LogP contribution in [0.3, 0.4) is 0 Å². The highest BCUT2D eigenvalue weighted by atomic mass is 16.5. The van der Waals surface area contributed by atoms with Crippen molar-refractivity contribution in [2.75, 3.05) is 18.6 Å². The SMILES string of the molecule is COc1ccccc1N(CCC(=O)O)C(N)=O. The van der Waals surface area contributed by atoms with Crippen LogP contribution in [-0.2, 0) is 4.79 Å². The number of rotatable bonds is 5. The molecular weight excluding hydrogens is 224 g/mol. The molecule has 17 heavy (non-hydrogen) atoms. The number of primary amides is 1. The number of carbonyl (C=O) groups is 2. The van der Waals surface area contributed by atoms with Gasteiger partial charge in [0.1, 0.15) is 5.75 Å². The summed E-state index contributed by atoms with van der Waals surface area (Å²) in [6.07, 6.45) is -0.180. The van der Waals surface area contributed by atoms with Gasteiger partial charge in [0, 0.05) is 6.54 Å². The van der Waals surface area contributed by atoms with Gasteiger partial charge in [-0.2, -0.15) is 0 Å². The standard InChI is InChI=1S/C11H14N2O4/c1-17-9-5-3-2-4-8(9)13(11(12)16)7-6-10(14)15/h2-5H,6-7H2,1H3,(H2,12,16)(H,14,15). The molecule has 2 amide bonds. The predicted molar refractivity (Wildman–Crippen MR) is 62.2 cm³/mol. The van der Waals surface area contributed by atoms with Crippen LogP contribution < -0.4 is 15.4 Å². The molecule has 0 aliphatic heterocycles. The number of aliphatic carboxylic acids is 1. The summed E-state index contributed by atoms with van der Waals surface area (Å²) in [7, 11) is 1.47. The van der Waals surface area contributed by atoms with Gasteiger partial charge in [-0.15, -0.1) is 0 Å². The summed E-state index contributed by atoms with van der Waals surface area (Å²) in [6.45, 7) is 0.00500. The van der Waals surface area contributed by atoms with Gasteiger partial charge in [0.25, 0.3) is 0 Å². The van der Waals surface area contributed by atoms with E-state index >= 15 is 0 Å². The molecule has 0 aromatic heterocycles. The summed E-state index contributed by atoms with van der Waals surface area (Å²) < 4.78 is 5.09. The highest BCUT2D eigenvalue weighted by Crippen LogP contribution is 2.27. The third-order valence-corrected chi connectivity index (χ3v) is 2.19. The summed E-state index contributed by atoms with van der Waals surface area (Å²) in [5.74, 6) is -0.525. The van der Waals surface area contributed by atoms with Crippen LogP contribution in [0.1, 0.15) is 6.42 Å². The molecule has 6 heteroatoms. The van der Waals surface area contributed by atoms with Gasteiger partial charge in [0.15, 0.2) is 0 Å². The van der Waals surface area contributed by atoms with Gasteiger partial charge < -0.3 is 15.6 Å². The van der Waals surface area contributed by atoms with Gasteiger partial charge in [-0.25, -0.2) is 4.79 Å². The number of amides is 2. The van der Waals surface area contributed by atoms with Crippen LogP contribution in [0.2, 0.25) is 0 Å². The number of hydrogen-bond acceptors (Lipinski definition) is 3. The molecule has 92 valence electrons. The van der Waals surface area contributed by atoms with Gasteiger partial charge in [-0.3, -0.25) is 9.69 Å². The Morgan fingerprint density at radius 3 is 2.59 bits per heavy atom. The monoisotopic (exact) mass is 238 g/mol. The fraction of sp³-hybridized carbons (Fsp3) is 0.273. The number of nitrogens with two attached hydrogens (primary N) is 1. The first-order valence-electron chi connectivity index (χ1n) is 4.98. The van der Waals surface area contributed by atoms with Crippen LogP contribution in [0.25, 0.3) is 0 Å². The highest BCUT2D eigenvalue weighted by molar-refractivity contribution is 5.92. The van der Waals surface area contributed by atoms with Gasteiger partial charge in [0.05, 0.1) is 19.2 Å². The van der Waals surface area contributed by atoms with E-state index < -0.39 is 12.0 Å². The van der Waals surface area contributed by atoms with Gasteiger partial charge >= 0.3 is 12.0 Å². The number of carboxylic acid groups (broad SMARTS) is 1. The highest BCUT2D eigenvalue weighted by Gasteiger charge is 2.17. The zero-order chi connectivity index (χ0) is 12.8. The van der Waals surface area contributed by atoms with Crippen molar-refractivity contribution in [3.05, 3.63) is 24.3 Å². The molecule has 0 unspecified atom stereocenters. The fourth-order valence-corrected chi connectivity index (χ4v) is 1.41. The maximum Gasteiger partial charge on any atom is 0.319 e. The van der Waals surface area contributed by atoms with Crippen LogP contribution in [0.5, 0.6) is 5.75 Å². The minimum absolute atomic E-state index is 0.00500. The molecule has 3 N–H and O–H groups in total. The number of nitrogens with zero attached hydrogens (tertiary/aromatic N) is 1. The fourth-order valence-electron chi connectivity index (χ4n) is 1.41.